The Bertz CT molecular complexity index is 382. The molecule has 0 amide bonds. The molecule has 94 valence electrons. The molecule has 0 fully saturated rings. The van der Waals surface area contributed by atoms with Crippen LogP contribution in [0.3, 0.4) is 0 Å². The normalized spacial score (nSPS) is 10.3. The summed E-state index contributed by atoms with van der Waals surface area (Å²) in [5.41, 5.74) is 0.289. The number of Topliss-reactive ketones (excluding diaryl/α,β-unsaturated/α-hetero) is 1. The Hall–Kier alpha value is -1.07. The highest BCUT2D eigenvalue weighted by atomic mass is 32.2. The van der Waals surface area contributed by atoms with E-state index in [0.29, 0.717) is 18.1 Å². The van der Waals surface area contributed by atoms with Crippen LogP contribution in [0.1, 0.15) is 10.4 Å². The average Bonchev–Trinajstić information content (AvgIpc) is 2.34. The standard InChI is InChI=1S/C12H15FO3S/c1-15-5-6-17-8-11(14)10-7-9(13)3-4-12(10)16-2/h3-4,7H,5-6,8H2,1-2H3. The summed E-state index contributed by atoms with van der Waals surface area (Å²) in [5.74, 6) is 0.866. The van der Waals surface area contributed by atoms with Crippen molar-refractivity contribution in [3.8, 4) is 5.75 Å². The number of benzene rings is 1. The fourth-order valence-electron chi connectivity index (χ4n) is 1.28. The van der Waals surface area contributed by atoms with E-state index in [0.717, 1.165) is 5.75 Å². The van der Waals surface area contributed by atoms with Gasteiger partial charge in [-0.2, -0.15) is 11.8 Å². The number of carbonyl (C=O) groups excluding carboxylic acids is 1. The van der Waals surface area contributed by atoms with Crippen LogP contribution >= 0.6 is 11.8 Å². The van der Waals surface area contributed by atoms with Crippen molar-refractivity contribution in [2.24, 2.45) is 0 Å². The van der Waals surface area contributed by atoms with Crippen molar-refractivity contribution in [3.05, 3.63) is 29.6 Å². The van der Waals surface area contributed by atoms with Gasteiger partial charge < -0.3 is 9.47 Å². The summed E-state index contributed by atoms with van der Waals surface area (Å²) in [6.07, 6.45) is 0. The Morgan fingerprint density at radius 3 is 2.82 bits per heavy atom. The first-order valence-corrected chi connectivity index (χ1v) is 6.28. The largest absolute Gasteiger partial charge is 0.496 e. The van der Waals surface area contributed by atoms with Gasteiger partial charge in [-0.1, -0.05) is 0 Å². The highest BCUT2D eigenvalue weighted by Crippen LogP contribution is 2.21. The number of halogens is 1. The van der Waals surface area contributed by atoms with Gasteiger partial charge in [-0.05, 0) is 18.2 Å². The van der Waals surface area contributed by atoms with Crippen LogP contribution in [0, 0.1) is 5.82 Å². The minimum atomic E-state index is -0.434. The molecule has 0 spiro atoms. The summed E-state index contributed by atoms with van der Waals surface area (Å²) in [7, 11) is 3.07. The molecule has 0 N–H and O–H groups in total. The predicted molar refractivity (Wildman–Crippen MR) is 66.5 cm³/mol. The van der Waals surface area contributed by atoms with Crippen LogP contribution in [0.4, 0.5) is 4.39 Å². The van der Waals surface area contributed by atoms with Crippen LogP contribution < -0.4 is 4.74 Å². The van der Waals surface area contributed by atoms with E-state index in [1.54, 1.807) is 7.11 Å². The molecule has 0 aliphatic heterocycles. The predicted octanol–water partition coefficient (Wildman–Crippen LogP) is 2.40. The van der Waals surface area contributed by atoms with Crippen molar-refractivity contribution in [3.63, 3.8) is 0 Å². The number of thioether (sulfide) groups is 1. The third kappa shape index (κ3) is 4.36. The van der Waals surface area contributed by atoms with E-state index in [1.165, 1.54) is 37.1 Å². The van der Waals surface area contributed by atoms with E-state index in [9.17, 15) is 9.18 Å². The molecule has 0 bridgehead atoms. The van der Waals surface area contributed by atoms with Crippen LogP contribution in [-0.2, 0) is 4.74 Å². The van der Waals surface area contributed by atoms with Crippen LogP contribution in [-0.4, -0.2) is 38.1 Å². The quantitative estimate of drug-likeness (QED) is 0.556. The lowest BCUT2D eigenvalue weighted by molar-refractivity contribution is 0.101. The molecule has 1 aromatic rings. The maximum absolute atomic E-state index is 13.1. The summed E-state index contributed by atoms with van der Waals surface area (Å²) in [5, 5.41) is 0. The fourth-order valence-corrected chi connectivity index (χ4v) is 2.05. The molecule has 0 atom stereocenters. The summed E-state index contributed by atoms with van der Waals surface area (Å²) in [4.78, 5) is 11.8. The lowest BCUT2D eigenvalue weighted by Crippen LogP contribution is -2.07. The van der Waals surface area contributed by atoms with E-state index in [2.05, 4.69) is 0 Å². The molecule has 5 heteroatoms. The topological polar surface area (TPSA) is 35.5 Å². The molecular weight excluding hydrogens is 243 g/mol. The first kappa shape index (κ1) is 14.0. The molecule has 3 nitrogen and oxygen atoms in total. The Kier molecular flexibility index (Phi) is 6.00. The molecule has 0 aromatic heterocycles. The van der Waals surface area contributed by atoms with Gasteiger partial charge in [-0.15, -0.1) is 0 Å². The van der Waals surface area contributed by atoms with Crippen LogP contribution in [0.2, 0.25) is 0 Å². The molecule has 17 heavy (non-hydrogen) atoms. The van der Waals surface area contributed by atoms with E-state index in [-0.39, 0.29) is 11.3 Å². The van der Waals surface area contributed by atoms with Crippen molar-refractivity contribution in [1.82, 2.24) is 0 Å². The van der Waals surface area contributed by atoms with Gasteiger partial charge in [-0.25, -0.2) is 4.39 Å². The first-order valence-electron chi connectivity index (χ1n) is 5.12. The number of hydrogen-bond acceptors (Lipinski definition) is 4. The molecule has 0 unspecified atom stereocenters. The van der Waals surface area contributed by atoms with E-state index in [4.69, 9.17) is 9.47 Å². The molecule has 0 aliphatic rings. The molecule has 0 radical (unpaired) electrons. The lowest BCUT2D eigenvalue weighted by Gasteiger charge is -2.07. The van der Waals surface area contributed by atoms with E-state index < -0.39 is 5.82 Å². The zero-order valence-corrected chi connectivity index (χ0v) is 10.7. The molecule has 0 saturated heterocycles. The van der Waals surface area contributed by atoms with Gasteiger partial charge in [0.2, 0.25) is 0 Å². The van der Waals surface area contributed by atoms with Crippen molar-refractivity contribution in [1.29, 1.82) is 0 Å². The van der Waals surface area contributed by atoms with Crippen molar-refractivity contribution < 1.29 is 18.7 Å². The monoisotopic (exact) mass is 258 g/mol. The fraction of sp³-hybridized carbons (Fsp3) is 0.417. The molecule has 1 rings (SSSR count). The van der Waals surface area contributed by atoms with Gasteiger partial charge in [0.05, 0.1) is 25.0 Å². The maximum Gasteiger partial charge on any atom is 0.176 e. The second-order valence-electron chi connectivity index (χ2n) is 3.31. The Morgan fingerprint density at radius 2 is 2.18 bits per heavy atom. The minimum Gasteiger partial charge on any atom is -0.496 e. The third-order valence-electron chi connectivity index (χ3n) is 2.13. The second kappa shape index (κ2) is 7.29. The highest BCUT2D eigenvalue weighted by molar-refractivity contribution is 8.00. The van der Waals surface area contributed by atoms with Crippen molar-refractivity contribution in [2.75, 3.05) is 32.3 Å². The Morgan fingerprint density at radius 1 is 1.41 bits per heavy atom. The number of methoxy groups -OCH3 is 2. The number of ether oxygens (including phenoxy) is 2. The number of rotatable bonds is 7. The van der Waals surface area contributed by atoms with Crippen molar-refractivity contribution in [2.45, 2.75) is 0 Å². The Labute approximate surface area is 104 Å². The number of hydrogen-bond donors (Lipinski definition) is 0. The summed E-state index contributed by atoms with van der Waals surface area (Å²) >= 11 is 1.45. The highest BCUT2D eigenvalue weighted by Gasteiger charge is 2.13. The Balaban J connectivity index is 2.64. The lowest BCUT2D eigenvalue weighted by atomic mass is 10.1. The molecule has 0 heterocycles. The molecule has 1 aromatic carbocycles. The summed E-state index contributed by atoms with van der Waals surface area (Å²) < 4.78 is 23.0. The number of carbonyl (C=O) groups is 1. The van der Waals surface area contributed by atoms with E-state index >= 15 is 0 Å². The van der Waals surface area contributed by atoms with Gasteiger partial charge in [0, 0.05) is 12.9 Å². The second-order valence-corrected chi connectivity index (χ2v) is 4.42. The SMILES string of the molecule is COCCSCC(=O)c1cc(F)ccc1OC. The van der Waals surface area contributed by atoms with Gasteiger partial charge in [0.1, 0.15) is 11.6 Å². The molecular formula is C12H15FO3S. The maximum atomic E-state index is 13.1. The third-order valence-corrected chi connectivity index (χ3v) is 3.05. The smallest absolute Gasteiger partial charge is 0.176 e. The zero-order chi connectivity index (χ0) is 12.7. The van der Waals surface area contributed by atoms with Gasteiger partial charge in [0.25, 0.3) is 0 Å². The zero-order valence-electron chi connectivity index (χ0n) is 9.86. The van der Waals surface area contributed by atoms with Gasteiger partial charge >= 0.3 is 0 Å². The van der Waals surface area contributed by atoms with Gasteiger partial charge in [0.15, 0.2) is 5.78 Å². The first-order chi connectivity index (χ1) is 8.19. The van der Waals surface area contributed by atoms with Crippen LogP contribution in [0.15, 0.2) is 18.2 Å². The van der Waals surface area contributed by atoms with Crippen molar-refractivity contribution >= 4 is 17.5 Å². The average molecular weight is 258 g/mol. The minimum absolute atomic E-state index is 0.137. The summed E-state index contributed by atoms with van der Waals surface area (Å²) in [6.45, 7) is 0.595. The molecule has 0 aliphatic carbocycles. The van der Waals surface area contributed by atoms with Gasteiger partial charge in [-0.3, -0.25) is 4.79 Å². The number of ketones is 1. The molecule has 0 saturated carbocycles. The van der Waals surface area contributed by atoms with Crippen LogP contribution in [0.5, 0.6) is 5.75 Å². The van der Waals surface area contributed by atoms with Crippen LogP contribution in [0.25, 0.3) is 0 Å². The summed E-state index contributed by atoms with van der Waals surface area (Å²) in [6, 6.07) is 3.94. The van der Waals surface area contributed by atoms with E-state index in [1.807, 2.05) is 0 Å².